The van der Waals surface area contributed by atoms with Crippen molar-refractivity contribution in [1.82, 2.24) is 4.90 Å². The minimum Gasteiger partial charge on any atom is -0.459 e. The molecule has 0 bridgehead atoms. The second-order valence-corrected chi connectivity index (χ2v) is 19.7. The van der Waals surface area contributed by atoms with Crippen LogP contribution in [-0.2, 0) is 27.5 Å². The summed E-state index contributed by atoms with van der Waals surface area (Å²) in [4.78, 5) is 45.5. The number of unbranched alkanes of at least 4 members (excludes halogenated alkanes) is 2. The van der Waals surface area contributed by atoms with Crippen molar-refractivity contribution in [3.05, 3.63) is 187 Å². The fourth-order valence-electron chi connectivity index (χ4n) is 11.1. The van der Waals surface area contributed by atoms with Gasteiger partial charge in [-0.15, -0.1) is 6.58 Å². The van der Waals surface area contributed by atoms with Crippen LogP contribution >= 0.6 is 0 Å². The lowest BCUT2D eigenvalue weighted by molar-refractivity contribution is -0.385. The maximum Gasteiger partial charge on any atom is 0.269 e. The summed E-state index contributed by atoms with van der Waals surface area (Å²) in [7, 11) is 0. The fraction of sp³-hybridized carbons (Fsp3) is 0.356. The van der Waals surface area contributed by atoms with Crippen LogP contribution in [0.4, 0.5) is 11.4 Å². The molecule has 396 valence electrons. The molecule has 0 unspecified atom stereocenters. The Morgan fingerprint density at radius 2 is 1.49 bits per heavy atom. The highest BCUT2D eigenvalue weighted by molar-refractivity contribution is 6.03. The van der Waals surface area contributed by atoms with E-state index in [1.165, 1.54) is 30.3 Å². The number of carbonyl (C=O) groups is 1. The summed E-state index contributed by atoms with van der Waals surface area (Å²) in [6.07, 6.45) is 11.1. The first-order valence-corrected chi connectivity index (χ1v) is 25.7. The number of nitro benzene ring substituents is 2. The molecule has 1 saturated carbocycles. The number of aliphatic hydroxyl groups is 2. The molecule has 17 heteroatoms. The van der Waals surface area contributed by atoms with Gasteiger partial charge in [0.15, 0.2) is 11.5 Å². The molecule has 0 saturated heterocycles. The van der Waals surface area contributed by atoms with Gasteiger partial charge in [0.1, 0.15) is 29.9 Å². The Morgan fingerprint density at radius 3 is 2.20 bits per heavy atom. The minimum absolute atomic E-state index is 0.0203. The monoisotopic (exact) mass is 1030 g/mol. The summed E-state index contributed by atoms with van der Waals surface area (Å²) in [6, 6.07) is 28.3. The number of ether oxygens (including phenoxy) is 5. The third-order valence-electron chi connectivity index (χ3n) is 14.9. The molecule has 17 nitrogen and oxygen atoms in total. The van der Waals surface area contributed by atoms with Gasteiger partial charge < -0.3 is 43.6 Å². The van der Waals surface area contributed by atoms with Crippen molar-refractivity contribution in [2.75, 3.05) is 26.6 Å². The van der Waals surface area contributed by atoms with Gasteiger partial charge in [0.05, 0.1) is 28.1 Å². The van der Waals surface area contributed by atoms with Crippen molar-refractivity contribution in [3.63, 3.8) is 0 Å². The third-order valence-corrected chi connectivity index (χ3v) is 14.9. The molecular formula is C59H62N4O13. The molecular weight excluding hydrogens is 973 g/mol. The molecule has 1 amide bonds. The van der Waals surface area contributed by atoms with Crippen molar-refractivity contribution >= 4 is 29.1 Å². The predicted molar refractivity (Wildman–Crippen MR) is 284 cm³/mol. The quantitative estimate of drug-likeness (QED) is 0.0205. The van der Waals surface area contributed by atoms with E-state index in [4.69, 9.17) is 33.7 Å². The van der Waals surface area contributed by atoms with Gasteiger partial charge in [-0.1, -0.05) is 42.3 Å². The number of amides is 1. The number of benzene rings is 5. The topological polar surface area (TPSA) is 215 Å². The molecule has 2 aliphatic carbocycles. The van der Waals surface area contributed by atoms with E-state index in [1.807, 2.05) is 62.4 Å². The van der Waals surface area contributed by atoms with Crippen LogP contribution in [0.15, 0.2) is 139 Å². The Bertz CT molecular complexity index is 3030. The van der Waals surface area contributed by atoms with Crippen LogP contribution in [0.1, 0.15) is 84.2 Å². The molecule has 76 heavy (non-hydrogen) atoms. The van der Waals surface area contributed by atoms with Crippen LogP contribution < -0.4 is 18.9 Å². The first kappa shape index (κ1) is 53.0. The number of allylic oxidation sites excluding steroid dienone is 1. The maximum atomic E-state index is 15.4. The molecule has 2 N–H and O–H groups in total. The van der Waals surface area contributed by atoms with Gasteiger partial charge in [-0.3, -0.25) is 25.0 Å². The van der Waals surface area contributed by atoms with Crippen molar-refractivity contribution in [3.8, 4) is 28.7 Å². The zero-order valence-electron chi connectivity index (χ0n) is 42.6. The predicted octanol–water partition coefficient (Wildman–Crippen LogP) is 11.2. The normalized spacial score (nSPS) is 21.5. The number of non-ortho nitro benzene ring substituents is 2. The van der Waals surface area contributed by atoms with Gasteiger partial charge in [-0.05, 0) is 158 Å². The first-order chi connectivity index (χ1) is 36.9. The van der Waals surface area contributed by atoms with E-state index in [1.54, 1.807) is 47.4 Å². The highest BCUT2D eigenvalue weighted by atomic mass is 16.7. The molecule has 1 fully saturated rings. The molecule has 5 aromatic carbocycles. The molecule has 0 aromatic heterocycles. The number of nitro groups is 2. The molecule has 0 spiro atoms. The average Bonchev–Trinajstić information content (AvgIpc) is 4.01. The molecule has 0 radical (unpaired) electrons. The number of aryl methyl sites for hydroxylation is 2. The highest BCUT2D eigenvalue weighted by Crippen LogP contribution is 2.62. The van der Waals surface area contributed by atoms with E-state index >= 15 is 4.79 Å². The van der Waals surface area contributed by atoms with E-state index in [0.29, 0.717) is 76.8 Å². The van der Waals surface area contributed by atoms with Crippen molar-refractivity contribution in [1.29, 1.82) is 0 Å². The fourth-order valence-corrected chi connectivity index (χ4v) is 11.1. The van der Waals surface area contributed by atoms with Crippen LogP contribution in [0.25, 0.3) is 6.08 Å². The van der Waals surface area contributed by atoms with Crippen molar-refractivity contribution in [2.45, 2.75) is 89.7 Å². The van der Waals surface area contributed by atoms with Gasteiger partial charge in [0, 0.05) is 68.0 Å². The van der Waals surface area contributed by atoms with E-state index in [2.05, 4.69) is 12.7 Å². The molecule has 4 aliphatic rings. The van der Waals surface area contributed by atoms with Gasteiger partial charge in [0.2, 0.25) is 18.5 Å². The lowest BCUT2D eigenvalue weighted by Gasteiger charge is -2.60. The first-order valence-electron chi connectivity index (χ1n) is 25.7. The van der Waals surface area contributed by atoms with Gasteiger partial charge in [0.25, 0.3) is 11.4 Å². The summed E-state index contributed by atoms with van der Waals surface area (Å²) < 4.78 is 32.8. The van der Waals surface area contributed by atoms with E-state index < -0.39 is 33.5 Å². The standard InChI is InChI=1S/C59H62N4O13/c1-4-29-73-59-55(61(35-42-16-24-53-54(31-42)72-37-71-53)56(66)26-17-40-12-18-44(19-13-40)62(67)68)34-51(60-74-36-41-14-20-45(21-15-41)63(69)70)49-32-43(9-5-7-27-64)48(10-6-8-28-65)57(58(49)59)50-33-47(23-25-52(50)76-59)75-46-22-11-38(2)39(3)30-46/h4,11-26,30-33,43,48,55,57-58,64-65H,1,5-10,27-29,34-37H2,2-3H3/t43-,48+,55-,57+,58+,59+/m0/s1. The second-order valence-electron chi connectivity index (χ2n) is 19.7. The van der Waals surface area contributed by atoms with Crippen LogP contribution in [0.2, 0.25) is 0 Å². The zero-order chi connectivity index (χ0) is 53.3. The summed E-state index contributed by atoms with van der Waals surface area (Å²) in [5, 5.41) is 48.2. The Hall–Kier alpha value is -7.86. The molecule has 9 rings (SSSR count). The summed E-state index contributed by atoms with van der Waals surface area (Å²) in [6.45, 7) is 8.29. The molecule has 2 heterocycles. The summed E-state index contributed by atoms with van der Waals surface area (Å²) in [5.74, 6) is -0.313. The lowest BCUT2D eigenvalue weighted by Crippen LogP contribution is -2.70. The third kappa shape index (κ3) is 11.5. The lowest BCUT2D eigenvalue weighted by atomic mass is 9.55. The molecule has 5 aromatic rings. The van der Waals surface area contributed by atoms with Gasteiger partial charge in [-0.2, -0.15) is 0 Å². The SMILES string of the molecule is C=CCO[C@@]12Oc3ccc(Oc4ccc(C)c(C)c4)cc3[C@H]3[C@H](CCCCO)[C@@H](CCCCO)C=C(C(=NOCc4ccc([N+](=O)[O-])cc4)C[C@@H]1N(Cc1ccc4c(c1)OCO4)C(=O)C=Cc1ccc([N+](=O)[O-])cc1)[C@H]32. The van der Waals surface area contributed by atoms with Crippen molar-refractivity contribution in [2.24, 2.45) is 22.9 Å². The maximum absolute atomic E-state index is 15.4. The number of oxime groups is 1. The number of aliphatic hydroxyl groups excluding tert-OH is 2. The smallest absolute Gasteiger partial charge is 0.269 e. The van der Waals surface area contributed by atoms with E-state index in [0.717, 1.165) is 35.1 Å². The van der Waals surface area contributed by atoms with Crippen LogP contribution in [0.3, 0.4) is 0 Å². The van der Waals surface area contributed by atoms with Crippen LogP contribution in [0, 0.1) is 51.8 Å². The number of rotatable bonds is 23. The van der Waals surface area contributed by atoms with Crippen molar-refractivity contribution < 1.29 is 53.4 Å². The molecule has 6 atom stereocenters. The minimum atomic E-state index is -1.62. The van der Waals surface area contributed by atoms with E-state index in [-0.39, 0.29) is 75.3 Å². The molecule has 2 aliphatic heterocycles. The number of nitrogens with zero attached hydrogens (tertiary/aromatic N) is 4. The number of carbonyl (C=O) groups excluding carboxylic acids is 1. The number of hydrogen-bond donors (Lipinski definition) is 2. The second kappa shape index (κ2) is 23.8. The summed E-state index contributed by atoms with van der Waals surface area (Å²) in [5.41, 5.74) is 6.20. The average molecular weight is 1040 g/mol. The Kier molecular flexibility index (Phi) is 16.6. The van der Waals surface area contributed by atoms with E-state index in [9.17, 15) is 30.4 Å². The number of hydrogen-bond acceptors (Lipinski definition) is 14. The largest absolute Gasteiger partial charge is 0.459 e. The van der Waals surface area contributed by atoms with Gasteiger partial charge in [-0.25, -0.2) is 0 Å². The highest BCUT2D eigenvalue weighted by Gasteiger charge is 2.65. The Labute approximate surface area is 440 Å². The Balaban J connectivity index is 1.24. The van der Waals surface area contributed by atoms with Crippen LogP contribution in [0.5, 0.6) is 28.7 Å². The summed E-state index contributed by atoms with van der Waals surface area (Å²) >= 11 is 0. The van der Waals surface area contributed by atoms with Crippen LogP contribution in [-0.4, -0.2) is 75.0 Å². The van der Waals surface area contributed by atoms with Gasteiger partial charge >= 0.3 is 0 Å². The Morgan fingerprint density at radius 1 is 0.816 bits per heavy atom. The zero-order valence-corrected chi connectivity index (χ0v) is 42.6. The number of fused-ring (bicyclic) bond motifs is 3.